The quantitative estimate of drug-likeness (QED) is 0.474. The molecule has 0 aliphatic heterocycles. The number of amides is 1. The summed E-state index contributed by atoms with van der Waals surface area (Å²) in [7, 11) is 0. The van der Waals surface area contributed by atoms with Crippen molar-refractivity contribution in [3.63, 3.8) is 0 Å². The van der Waals surface area contributed by atoms with Crippen LogP contribution in [-0.2, 0) is 9.53 Å². The number of aromatic nitrogens is 1. The molecule has 1 N–H and O–H groups in total. The Labute approximate surface area is 171 Å². The third-order valence-electron chi connectivity index (χ3n) is 4.32. The topological polar surface area (TPSA) is 81.4 Å². The highest BCUT2D eigenvalue weighted by molar-refractivity contribution is 7.21. The van der Waals surface area contributed by atoms with Crippen molar-refractivity contribution < 1.29 is 18.7 Å². The standard InChI is InChI=1S/C22H18N2O4S/c1-14(15-7-3-2-4-8-15)23-20(25)13-27-22(26)18-12-11-17(28-18)21-24-16-9-5-6-10-19(16)29-21/h2-12,14H,13H2,1H3,(H,23,25)/t14-/m1/s1. The maximum absolute atomic E-state index is 12.2. The van der Waals surface area contributed by atoms with E-state index in [1.807, 2.05) is 61.5 Å². The van der Waals surface area contributed by atoms with Crippen LogP contribution in [0.3, 0.4) is 0 Å². The zero-order valence-corrected chi connectivity index (χ0v) is 16.4. The highest BCUT2D eigenvalue weighted by Gasteiger charge is 2.18. The van der Waals surface area contributed by atoms with Gasteiger partial charge in [-0.1, -0.05) is 42.5 Å². The van der Waals surface area contributed by atoms with E-state index in [9.17, 15) is 9.59 Å². The zero-order chi connectivity index (χ0) is 20.2. The molecule has 6 nitrogen and oxygen atoms in total. The lowest BCUT2D eigenvalue weighted by Gasteiger charge is -2.14. The van der Waals surface area contributed by atoms with Crippen LogP contribution in [-0.4, -0.2) is 23.5 Å². The molecule has 0 saturated heterocycles. The van der Waals surface area contributed by atoms with Crippen molar-refractivity contribution in [1.29, 1.82) is 0 Å². The molecule has 0 saturated carbocycles. The molecule has 0 aliphatic carbocycles. The molecule has 0 radical (unpaired) electrons. The number of nitrogens with zero attached hydrogens (tertiary/aromatic N) is 1. The second-order valence-corrected chi connectivity index (χ2v) is 7.46. The number of ether oxygens (including phenoxy) is 1. The van der Waals surface area contributed by atoms with E-state index in [1.165, 1.54) is 17.4 Å². The third-order valence-corrected chi connectivity index (χ3v) is 5.37. The lowest BCUT2D eigenvalue weighted by Crippen LogP contribution is -2.31. The fourth-order valence-electron chi connectivity index (χ4n) is 2.85. The van der Waals surface area contributed by atoms with Crippen LogP contribution in [0.25, 0.3) is 21.0 Å². The van der Waals surface area contributed by atoms with Crippen LogP contribution in [0.5, 0.6) is 0 Å². The monoisotopic (exact) mass is 406 g/mol. The number of esters is 1. The summed E-state index contributed by atoms with van der Waals surface area (Å²) in [5.41, 5.74) is 1.84. The summed E-state index contributed by atoms with van der Waals surface area (Å²) in [6, 6.07) is 20.3. The number of carbonyl (C=O) groups is 2. The molecule has 4 aromatic rings. The molecular formula is C22H18N2O4S. The fraction of sp³-hybridized carbons (Fsp3) is 0.136. The van der Waals surface area contributed by atoms with Gasteiger partial charge in [-0.3, -0.25) is 4.79 Å². The van der Waals surface area contributed by atoms with Crippen molar-refractivity contribution in [3.8, 4) is 10.8 Å². The molecule has 0 bridgehead atoms. The number of rotatable bonds is 6. The van der Waals surface area contributed by atoms with Crippen molar-refractivity contribution in [1.82, 2.24) is 10.3 Å². The van der Waals surface area contributed by atoms with Gasteiger partial charge in [0.25, 0.3) is 5.91 Å². The molecule has 1 atom stereocenters. The van der Waals surface area contributed by atoms with Crippen molar-refractivity contribution >= 4 is 33.4 Å². The molecule has 0 spiro atoms. The normalized spacial score (nSPS) is 11.9. The molecule has 2 aromatic carbocycles. The first-order chi connectivity index (χ1) is 14.1. The highest BCUT2D eigenvalue weighted by Crippen LogP contribution is 2.31. The van der Waals surface area contributed by atoms with Gasteiger partial charge >= 0.3 is 5.97 Å². The van der Waals surface area contributed by atoms with Crippen LogP contribution in [0.15, 0.2) is 71.1 Å². The van der Waals surface area contributed by atoms with E-state index in [0.29, 0.717) is 10.8 Å². The predicted octanol–water partition coefficient (Wildman–Crippen LogP) is 4.59. The zero-order valence-electron chi connectivity index (χ0n) is 15.6. The van der Waals surface area contributed by atoms with Crippen LogP contribution in [0.1, 0.15) is 29.1 Å². The summed E-state index contributed by atoms with van der Waals surface area (Å²) in [6.45, 7) is 1.49. The Hall–Kier alpha value is -3.45. The smallest absolute Gasteiger partial charge is 0.374 e. The lowest BCUT2D eigenvalue weighted by atomic mass is 10.1. The summed E-state index contributed by atoms with van der Waals surface area (Å²) in [5.74, 6) is -0.559. The summed E-state index contributed by atoms with van der Waals surface area (Å²) >= 11 is 1.48. The largest absolute Gasteiger partial charge is 0.450 e. The highest BCUT2D eigenvalue weighted by atomic mass is 32.1. The van der Waals surface area contributed by atoms with E-state index in [0.717, 1.165) is 15.8 Å². The van der Waals surface area contributed by atoms with Crippen molar-refractivity contribution in [2.24, 2.45) is 0 Å². The van der Waals surface area contributed by atoms with Crippen LogP contribution in [0, 0.1) is 0 Å². The SMILES string of the molecule is C[C@@H](NC(=O)COC(=O)c1ccc(-c2nc3ccccc3s2)o1)c1ccccc1. The van der Waals surface area contributed by atoms with E-state index in [2.05, 4.69) is 10.3 Å². The first-order valence-electron chi connectivity index (χ1n) is 9.07. The number of nitrogens with one attached hydrogen (secondary N) is 1. The molecule has 0 unspecified atom stereocenters. The minimum atomic E-state index is -0.695. The van der Waals surface area contributed by atoms with Crippen LogP contribution in [0.4, 0.5) is 0 Å². The van der Waals surface area contributed by atoms with Crippen LogP contribution >= 0.6 is 11.3 Å². The summed E-state index contributed by atoms with van der Waals surface area (Å²) in [4.78, 5) is 28.8. The molecule has 0 fully saturated rings. The van der Waals surface area contributed by atoms with E-state index >= 15 is 0 Å². The van der Waals surface area contributed by atoms with Gasteiger partial charge in [-0.2, -0.15) is 0 Å². The molecule has 0 aliphatic rings. The maximum atomic E-state index is 12.2. The number of carbonyl (C=O) groups excluding carboxylic acids is 2. The second-order valence-electron chi connectivity index (χ2n) is 6.43. The lowest BCUT2D eigenvalue weighted by molar-refractivity contribution is -0.124. The maximum Gasteiger partial charge on any atom is 0.374 e. The molecule has 29 heavy (non-hydrogen) atoms. The van der Waals surface area contributed by atoms with E-state index in [1.54, 1.807) is 6.07 Å². The van der Waals surface area contributed by atoms with Gasteiger partial charge in [0.05, 0.1) is 16.3 Å². The Balaban J connectivity index is 1.35. The number of hydrogen-bond acceptors (Lipinski definition) is 6. The predicted molar refractivity (Wildman–Crippen MR) is 111 cm³/mol. The van der Waals surface area contributed by atoms with Crippen LogP contribution < -0.4 is 5.32 Å². The Morgan fingerprint density at radius 2 is 1.83 bits per heavy atom. The Morgan fingerprint density at radius 1 is 1.07 bits per heavy atom. The number of thiazole rings is 1. The third kappa shape index (κ3) is 4.35. The molecule has 2 heterocycles. The minimum absolute atomic E-state index is 0.0307. The van der Waals surface area contributed by atoms with Gasteiger partial charge in [0.2, 0.25) is 5.76 Å². The number of hydrogen-bond donors (Lipinski definition) is 1. The first kappa shape index (κ1) is 18.9. The molecule has 1 amide bonds. The van der Waals surface area contributed by atoms with Gasteiger partial charge in [0.15, 0.2) is 17.4 Å². The average Bonchev–Trinajstić information content (AvgIpc) is 3.39. The summed E-state index contributed by atoms with van der Waals surface area (Å²) in [5, 5.41) is 3.47. The number of furan rings is 1. The van der Waals surface area contributed by atoms with Crippen LogP contribution in [0.2, 0.25) is 0 Å². The van der Waals surface area contributed by atoms with E-state index in [4.69, 9.17) is 9.15 Å². The molecular weight excluding hydrogens is 388 g/mol. The first-order valence-corrected chi connectivity index (χ1v) is 9.89. The average molecular weight is 406 g/mol. The molecule has 146 valence electrons. The Kier molecular flexibility index (Phi) is 5.39. The van der Waals surface area contributed by atoms with E-state index in [-0.39, 0.29) is 24.3 Å². The van der Waals surface area contributed by atoms with Gasteiger partial charge < -0.3 is 14.5 Å². The van der Waals surface area contributed by atoms with E-state index < -0.39 is 5.97 Å². The molecule has 2 aromatic heterocycles. The van der Waals surface area contributed by atoms with Gasteiger partial charge in [-0.05, 0) is 36.8 Å². The fourth-order valence-corrected chi connectivity index (χ4v) is 3.78. The number of para-hydroxylation sites is 1. The van der Waals surface area contributed by atoms with Gasteiger partial charge in [0, 0.05) is 0 Å². The van der Waals surface area contributed by atoms with Crippen molar-refractivity contribution in [3.05, 3.63) is 78.1 Å². The number of benzene rings is 2. The van der Waals surface area contributed by atoms with Gasteiger partial charge in [-0.25, -0.2) is 9.78 Å². The van der Waals surface area contributed by atoms with Gasteiger partial charge in [0.1, 0.15) is 0 Å². The van der Waals surface area contributed by atoms with Gasteiger partial charge in [-0.15, -0.1) is 11.3 Å². The minimum Gasteiger partial charge on any atom is -0.450 e. The van der Waals surface area contributed by atoms with Crippen molar-refractivity contribution in [2.75, 3.05) is 6.61 Å². The Morgan fingerprint density at radius 3 is 2.62 bits per heavy atom. The second kappa shape index (κ2) is 8.28. The number of fused-ring (bicyclic) bond motifs is 1. The Bertz CT molecular complexity index is 1120. The summed E-state index contributed by atoms with van der Waals surface area (Å²) in [6.07, 6.45) is 0. The van der Waals surface area contributed by atoms with Crippen molar-refractivity contribution in [2.45, 2.75) is 13.0 Å². The molecule has 7 heteroatoms. The molecule has 4 rings (SSSR count). The summed E-state index contributed by atoms with van der Waals surface area (Å²) < 4.78 is 11.7.